The summed E-state index contributed by atoms with van der Waals surface area (Å²) in [6.07, 6.45) is 0. The second kappa shape index (κ2) is 6.18. The average Bonchev–Trinajstić information content (AvgIpc) is 2.52. The number of rotatable bonds is 3. The Morgan fingerprint density at radius 3 is 2.00 bits per heavy atom. The van der Waals surface area contributed by atoms with Crippen molar-refractivity contribution in [3.05, 3.63) is 75.8 Å². The van der Waals surface area contributed by atoms with Crippen molar-refractivity contribution in [1.82, 2.24) is 0 Å². The van der Waals surface area contributed by atoms with E-state index in [1.54, 1.807) is 36.4 Å². The predicted molar refractivity (Wildman–Crippen MR) is 93.7 cm³/mol. The Labute approximate surface area is 148 Å². The van der Waals surface area contributed by atoms with E-state index in [9.17, 15) is 17.8 Å². The summed E-state index contributed by atoms with van der Waals surface area (Å²) in [5.74, 6) is -0.427. The van der Waals surface area contributed by atoms with Crippen LogP contribution in [0.25, 0.3) is 10.8 Å². The number of halogens is 2. The third-order valence-corrected chi connectivity index (χ3v) is 5.14. The summed E-state index contributed by atoms with van der Waals surface area (Å²) in [5.41, 5.74) is 0.388. The van der Waals surface area contributed by atoms with E-state index in [4.69, 9.17) is 23.2 Å². The Hall–Kier alpha value is -1.92. The maximum atomic E-state index is 12.9. The Morgan fingerprint density at radius 1 is 0.833 bits per heavy atom. The van der Waals surface area contributed by atoms with Crippen LogP contribution in [0.1, 0.15) is 15.9 Å². The summed E-state index contributed by atoms with van der Waals surface area (Å²) in [7, 11) is -4.42. The van der Waals surface area contributed by atoms with Crippen LogP contribution in [-0.2, 0) is 10.1 Å². The van der Waals surface area contributed by atoms with Crippen molar-refractivity contribution >= 4 is 49.9 Å². The molecule has 122 valence electrons. The van der Waals surface area contributed by atoms with Crippen molar-refractivity contribution < 1.29 is 17.8 Å². The molecule has 0 aromatic heterocycles. The van der Waals surface area contributed by atoms with Gasteiger partial charge in [-0.2, -0.15) is 8.42 Å². The monoisotopic (exact) mass is 380 g/mol. The number of hydrogen-bond acceptors (Lipinski definition) is 3. The Balaban J connectivity index is 2.31. The molecule has 0 amide bonds. The summed E-state index contributed by atoms with van der Waals surface area (Å²) in [5, 5.41) is 1.04. The Morgan fingerprint density at radius 2 is 1.42 bits per heavy atom. The smallest absolute Gasteiger partial charge is 0.288 e. The van der Waals surface area contributed by atoms with E-state index in [1.165, 1.54) is 18.2 Å². The van der Waals surface area contributed by atoms with Crippen LogP contribution in [0.15, 0.2) is 59.5 Å². The van der Waals surface area contributed by atoms with Gasteiger partial charge in [-0.3, -0.25) is 9.35 Å². The highest BCUT2D eigenvalue weighted by molar-refractivity contribution is 7.86. The molecule has 0 radical (unpaired) electrons. The second-order valence-corrected chi connectivity index (χ2v) is 7.26. The van der Waals surface area contributed by atoms with Crippen LogP contribution in [-0.4, -0.2) is 18.8 Å². The molecule has 4 nitrogen and oxygen atoms in total. The zero-order chi connectivity index (χ0) is 17.5. The van der Waals surface area contributed by atoms with Gasteiger partial charge in [-0.05, 0) is 29.7 Å². The van der Waals surface area contributed by atoms with E-state index >= 15 is 0 Å². The van der Waals surface area contributed by atoms with E-state index < -0.39 is 15.9 Å². The number of carbonyl (C=O) groups excluding carboxylic acids is 1. The molecule has 0 aliphatic carbocycles. The van der Waals surface area contributed by atoms with Crippen molar-refractivity contribution in [2.75, 3.05) is 0 Å². The lowest BCUT2D eigenvalue weighted by molar-refractivity contribution is 0.104. The molecule has 1 N–H and O–H groups in total. The second-order valence-electron chi connectivity index (χ2n) is 5.06. The zero-order valence-electron chi connectivity index (χ0n) is 12.0. The first-order chi connectivity index (χ1) is 11.3. The van der Waals surface area contributed by atoms with Crippen LogP contribution in [0.2, 0.25) is 10.0 Å². The van der Waals surface area contributed by atoms with Crippen LogP contribution in [0, 0.1) is 0 Å². The minimum atomic E-state index is -4.42. The molecule has 0 heterocycles. The van der Waals surface area contributed by atoms with Crippen LogP contribution < -0.4 is 0 Å². The molecule has 0 bridgehead atoms. The molecule has 7 heteroatoms. The average molecular weight is 381 g/mol. The quantitative estimate of drug-likeness (QED) is 0.531. The fourth-order valence-corrected chi connectivity index (χ4v) is 3.81. The minimum absolute atomic E-state index is 0.144. The molecule has 0 saturated heterocycles. The third-order valence-electron chi connectivity index (χ3n) is 3.60. The standard InChI is InChI=1S/C17H10Cl2O4S/c18-13-6-3-7-14(19)16(13)17(20)12-8-9-15(24(21,22)23)11-5-2-1-4-10(11)12/h1-9H,(H,21,22,23). The van der Waals surface area contributed by atoms with Gasteiger partial charge >= 0.3 is 0 Å². The van der Waals surface area contributed by atoms with Crippen molar-refractivity contribution in [3.8, 4) is 0 Å². The highest BCUT2D eigenvalue weighted by Crippen LogP contribution is 2.31. The summed E-state index contributed by atoms with van der Waals surface area (Å²) < 4.78 is 32.4. The van der Waals surface area contributed by atoms with Crippen molar-refractivity contribution in [3.63, 3.8) is 0 Å². The molecule has 3 aromatic carbocycles. The maximum Gasteiger partial charge on any atom is 0.295 e. The molecule has 3 rings (SSSR count). The van der Waals surface area contributed by atoms with Crippen LogP contribution in [0.5, 0.6) is 0 Å². The molecule has 0 saturated carbocycles. The van der Waals surface area contributed by atoms with Gasteiger partial charge in [0.25, 0.3) is 10.1 Å². The number of carbonyl (C=O) groups is 1. The van der Waals surface area contributed by atoms with E-state index in [2.05, 4.69) is 0 Å². The molecular weight excluding hydrogens is 371 g/mol. The molecule has 0 aliphatic rings. The van der Waals surface area contributed by atoms with Crippen molar-refractivity contribution in [2.24, 2.45) is 0 Å². The van der Waals surface area contributed by atoms with Crippen molar-refractivity contribution in [2.45, 2.75) is 4.90 Å². The number of ketones is 1. The lowest BCUT2D eigenvalue weighted by Gasteiger charge is -2.11. The SMILES string of the molecule is O=C(c1c(Cl)cccc1Cl)c1ccc(S(=O)(=O)O)c2ccccc12. The van der Waals surface area contributed by atoms with Crippen LogP contribution >= 0.6 is 23.2 Å². The molecule has 0 aliphatic heterocycles. The van der Waals surface area contributed by atoms with Gasteiger partial charge in [-0.15, -0.1) is 0 Å². The van der Waals surface area contributed by atoms with Gasteiger partial charge < -0.3 is 0 Å². The predicted octanol–water partition coefficient (Wildman–Crippen LogP) is 4.62. The van der Waals surface area contributed by atoms with E-state index in [-0.39, 0.29) is 31.5 Å². The van der Waals surface area contributed by atoms with Gasteiger partial charge in [-0.25, -0.2) is 0 Å². The fraction of sp³-hybridized carbons (Fsp3) is 0. The Bertz CT molecular complexity index is 1050. The highest BCUT2D eigenvalue weighted by Gasteiger charge is 2.22. The van der Waals surface area contributed by atoms with Crippen LogP contribution in [0.4, 0.5) is 0 Å². The number of fused-ring (bicyclic) bond motifs is 1. The van der Waals surface area contributed by atoms with E-state index in [1.807, 2.05) is 0 Å². The molecule has 24 heavy (non-hydrogen) atoms. The number of hydrogen-bond donors (Lipinski definition) is 1. The van der Waals surface area contributed by atoms with Crippen LogP contribution in [0.3, 0.4) is 0 Å². The van der Waals surface area contributed by atoms with Gasteiger partial charge in [0.15, 0.2) is 5.78 Å². The highest BCUT2D eigenvalue weighted by atomic mass is 35.5. The molecule has 0 atom stereocenters. The van der Waals surface area contributed by atoms with E-state index in [0.29, 0.717) is 5.39 Å². The zero-order valence-corrected chi connectivity index (χ0v) is 14.4. The van der Waals surface area contributed by atoms with Gasteiger partial charge in [0.05, 0.1) is 15.6 Å². The molecule has 0 unspecified atom stereocenters. The first-order valence-electron chi connectivity index (χ1n) is 6.78. The number of benzene rings is 3. The summed E-state index contributed by atoms with van der Waals surface area (Å²) in [6.45, 7) is 0. The normalized spacial score (nSPS) is 11.6. The summed E-state index contributed by atoms with van der Waals surface area (Å²) in [4.78, 5) is 12.6. The topological polar surface area (TPSA) is 71.4 Å². The van der Waals surface area contributed by atoms with Gasteiger partial charge in [-0.1, -0.05) is 53.5 Å². The third kappa shape index (κ3) is 2.91. The lowest BCUT2D eigenvalue weighted by atomic mass is 9.97. The van der Waals surface area contributed by atoms with Gasteiger partial charge in [0.2, 0.25) is 0 Å². The first-order valence-corrected chi connectivity index (χ1v) is 8.98. The largest absolute Gasteiger partial charge is 0.295 e. The molecule has 0 fully saturated rings. The van der Waals surface area contributed by atoms with Crippen molar-refractivity contribution in [1.29, 1.82) is 0 Å². The Kier molecular flexibility index (Phi) is 4.36. The molecule has 0 spiro atoms. The van der Waals surface area contributed by atoms with Gasteiger partial charge in [0.1, 0.15) is 4.90 Å². The molecule has 3 aromatic rings. The van der Waals surface area contributed by atoms with E-state index in [0.717, 1.165) is 0 Å². The lowest BCUT2D eigenvalue weighted by Crippen LogP contribution is -2.06. The fourth-order valence-electron chi connectivity index (χ4n) is 2.54. The summed E-state index contributed by atoms with van der Waals surface area (Å²) >= 11 is 12.2. The summed E-state index contributed by atoms with van der Waals surface area (Å²) in [6, 6.07) is 13.7. The minimum Gasteiger partial charge on any atom is -0.288 e. The maximum absolute atomic E-state index is 12.9. The molecular formula is C17H10Cl2O4S. The first kappa shape index (κ1) is 16.9. The van der Waals surface area contributed by atoms with Gasteiger partial charge in [0, 0.05) is 10.9 Å².